The fourth-order valence-electron chi connectivity index (χ4n) is 2.18. The topological polar surface area (TPSA) is 30.2 Å². The molecule has 0 aliphatic rings. The Kier molecular flexibility index (Phi) is 4.36. The van der Waals surface area contributed by atoms with Crippen molar-refractivity contribution in [3.8, 4) is 0 Å². The average molecular weight is 329 g/mol. The molecule has 1 heterocycles. The standard InChI is InChI=1S/C18H13ClO2S/c1-22-15-6-2-12(3-7-15)4-9-17(20)18-16-8-5-14(19)10-13(16)11-21-18/h2-11H,1H3. The van der Waals surface area contributed by atoms with Crippen LogP contribution in [0, 0.1) is 0 Å². The monoisotopic (exact) mass is 328 g/mol. The van der Waals surface area contributed by atoms with E-state index in [1.165, 1.54) is 11.0 Å². The van der Waals surface area contributed by atoms with Gasteiger partial charge in [-0.25, -0.2) is 0 Å². The Hall–Kier alpha value is -1.97. The molecule has 0 saturated carbocycles. The van der Waals surface area contributed by atoms with E-state index in [9.17, 15) is 4.79 Å². The Morgan fingerprint density at radius 1 is 1.18 bits per heavy atom. The average Bonchev–Trinajstić information content (AvgIpc) is 2.96. The molecule has 0 atom stereocenters. The zero-order valence-corrected chi connectivity index (χ0v) is 13.4. The number of fused-ring (bicyclic) bond motifs is 1. The van der Waals surface area contributed by atoms with Crippen LogP contribution in [0.15, 0.2) is 64.1 Å². The molecule has 2 nitrogen and oxygen atoms in total. The van der Waals surface area contributed by atoms with Gasteiger partial charge in [0.05, 0.1) is 6.26 Å². The van der Waals surface area contributed by atoms with E-state index in [2.05, 4.69) is 0 Å². The van der Waals surface area contributed by atoms with E-state index < -0.39 is 0 Å². The van der Waals surface area contributed by atoms with E-state index in [1.807, 2.05) is 30.5 Å². The normalized spacial score (nSPS) is 11.4. The number of halogens is 1. The number of allylic oxidation sites excluding steroid dienone is 1. The molecule has 0 N–H and O–H groups in total. The lowest BCUT2D eigenvalue weighted by Gasteiger charge is -1.97. The van der Waals surface area contributed by atoms with Gasteiger partial charge in [-0.3, -0.25) is 4.79 Å². The number of thioether (sulfide) groups is 1. The number of benzene rings is 2. The predicted octanol–water partition coefficient (Wildman–Crippen LogP) is 5.70. The molecule has 0 amide bonds. The lowest BCUT2D eigenvalue weighted by molar-refractivity contribution is 0.102. The summed E-state index contributed by atoms with van der Waals surface area (Å²) in [5, 5.41) is 2.22. The first-order valence-corrected chi connectivity index (χ1v) is 8.31. The summed E-state index contributed by atoms with van der Waals surface area (Å²) >= 11 is 7.62. The van der Waals surface area contributed by atoms with Gasteiger partial charge in [0.25, 0.3) is 0 Å². The minimum absolute atomic E-state index is 0.161. The summed E-state index contributed by atoms with van der Waals surface area (Å²) in [6.45, 7) is 0. The van der Waals surface area contributed by atoms with Crippen LogP contribution in [-0.2, 0) is 0 Å². The van der Waals surface area contributed by atoms with Crippen molar-refractivity contribution in [3.63, 3.8) is 0 Å². The molecule has 0 aliphatic carbocycles. The molecule has 0 spiro atoms. The molecule has 4 heteroatoms. The third-order valence-electron chi connectivity index (χ3n) is 3.33. The zero-order chi connectivity index (χ0) is 15.5. The fraction of sp³-hybridized carbons (Fsp3) is 0.0556. The van der Waals surface area contributed by atoms with E-state index in [0.29, 0.717) is 10.8 Å². The van der Waals surface area contributed by atoms with Gasteiger partial charge in [-0.2, -0.15) is 0 Å². The van der Waals surface area contributed by atoms with E-state index in [4.69, 9.17) is 16.0 Å². The molecule has 0 saturated heterocycles. The molecule has 0 fully saturated rings. The van der Waals surface area contributed by atoms with Gasteiger partial charge in [-0.15, -0.1) is 11.8 Å². The van der Waals surface area contributed by atoms with Crippen LogP contribution in [0.25, 0.3) is 16.8 Å². The van der Waals surface area contributed by atoms with Gasteiger partial charge in [-0.05, 0) is 48.2 Å². The molecule has 110 valence electrons. The van der Waals surface area contributed by atoms with Crippen LogP contribution in [0.5, 0.6) is 0 Å². The third kappa shape index (κ3) is 3.11. The van der Waals surface area contributed by atoms with Crippen LogP contribution in [-0.4, -0.2) is 12.0 Å². The van der Waals surface area contributed by atoms with Gasteiger partial charge < -0.3 is 4.42 Å². The maximum atomic E-state index is 12.3. The van der Waals surface area contributed by atoms with Crippen molar-refractivity contribution in [1.82, 2.24) is 0 Å². The highest BCUT2D eigenvalue weighted by Gasteiger charge is 2.12. The van der Waals surface area contributed by atoms with E-state index >= 15 is 0 Å². The van der Waals surface area contributed by atoms with Gasteiger partial charge in [0, 0.05) is 20.7 Å². The Balaban J connectivity index is 1.84. The van der Waals surface area contributed by atoms with E-state index in [0.717, 1.165) is 16.3 Å². The first kappa shape index (κ1) is 14.9. The first-order valence-electron chi connectivity index (χ1n) is 6.70. The van der Waals surface area contributed by atoms with Crippen LogP contribution >= 0.6 is 23.4 Å². The van der Waals surface area contributed by atoms with Crippen molar-refractivity contribution in [2.75, 3.05) is 6.26 Å². The molecule has 1 aromatic heterocycles. The number of hydrogen-bond donors (Lipinski definition) is 0. The van der Waals surface area contributed by atoms with Gasteiger partial charge in [0.1, 0.15) is 0 Å². The predicted molar refractivity (Wildman–Crippen MR) is 92.8 cm³/mol. The summed E-state index contributed by atoms with van der Waals surface area (Å²) in [6.07, 6.45) is 6.90. The zero-order valence-electron chi connectivity index (χ0n) is 11.9. The van der Waals surface area contributed by atoms with Crippen LogP contribution in [0.4, 0.5) is 0 Å². The second-order valence-electron chi connectivity index (χ2n) is 4.77. The molecule has 3 aromatic rings. The number of carbonyl (C=O) groups excluding carboxylic acids is 1. The van der Waals surface area contributed by atoms with Crippen LogP contribution < -0.4 is 0 Å². The Morgan fingerprint density at radius 2 is 1.95 bits per heavy atom. The lowest BCUT2D eigenvalue weighted by atomic mass is 10.1. The molecule has 0 bridgehead atoms. The van der Waals surface area contributed by atoms with E-state index in [1.54, 1.807) is 42.3 Å². The third-order valence-corrected chi connectivity index (χ3v) is 4.31. The van der Waals surface area contributed by atoms with Gasteiger partial charge in [0.2, 0.25) is 5.78 Å². The molecule has 0 unspecified atom stereocenters. The molecule has 0 radical (unpaired) electrons. The van der Waals surface area contributed by atoms with Crippen LogP contribution in [0.3, 0.4) is 0 Å². The smallest absolute Gasteiger partial charge is 0.221 e. The van der Waals surface area contributed by atoms with Crippen molar-refractivity contribution in [1.29, 1.82) is 0 Å². The highest BCUT2D eigenvalue weighted by Crippen LogP contribution is 2.25. The second kappa shape index (κ2) is 6.42. The summed E-state index contributed by atoms with van der Waals surface area (Å²) in [5.74, 6) is 0.176. The Bertz CT molecular complexity index is 847. The summed E-state index contributed by atoms with van der Waals surface area (Å²) in [7, 11) is 0. The number of carbonyl (C=O) groups is 1. The van der Waals surface area contributed by atoms with Crippen molar-refractivity contribution in [2.24, 2.45) is 0 Å². The van der Waals surface area contributed by atoms with Crippen molar-refractivity contribution < 1.29 is 9.21 Å². The summed E-state index contributed by atoms with van der Waals surface area (Å²) < 4.78 is 5.39. The summed E-state index contributed by atoms with van der Waals surface area (Å²) in [4.78, 5) is 13.5. The van der Waals surface area contributed by atoms with Gasteiger partial charge >= 0.3 is 0 Å². The Labute approximate surface area is 137 Å². The number of hydrogen-bond acceptors (Lipinski definition) is 3. The van der Waals surface area contributed by atoms with Crippen LogP contribution in [0.2, 0.25) is 5.02 Å². The minimum atomic E-state index is -0.161. The summed E-state index contributed by atoms with van der Waals surface area (Å²) in [5.41, 5.74) is 0.977. The van der Waals surface area contributed by atoms with Crippen molar-refractivity contribution in [2.45, 2.75) is 4.90 Å². The maximum Gasteiger partial charge on any atom is 0.221 e. The number of rotatable bonds is 4. The molecule has 0 aliphatic heterocycles. The van der Waals surface area contributed by atoms with E-state index in [-0.39, 0.29) is 5.78 Å². The SMILES string of the molecule is CSc1ccc(C=CC(=O)c2occ3cc(Cl)ccc23)cc1. The molecule has 22 heavy (non-hydrogen) atoms. The maximum absolute atomic E-state index is 12.3. The van der Waals surface area contributed by atoms with Crippen molar-refractivity contribution in [3.05, 3.63) is 71.2 Å². The minimum Gasteiger partial charge on any atom is -0.460 e. The highest BCUT2D eigenvalue weighted by molar-refractivity contribution is 7.98. The largest absolute Gasteiger partial charge is 0.460 e. The molecule has 2 aromatic carbocycles. The molecular weight excluding hydrogens is 316 g/mol. The van der Waals surface area contributed by atoms with Crippen LogP contribution in [0.1, 0.15) is 16.1 Å². The lowest BCUT2D eigenvalue weighted by Crippen LogP contribution is -1.92. The first-order chi connectivity index (χ1) is 10.7. The number of furan rings is 1. The summed E-state index contributed by atoms with van der Waals surface area (Å²) in [6, 6.07) is 13.3. The quantitative estimate of drug-likeness (QED) is 0.349. The fourth-order valence-corrected chi connectivity index (χ4v) is 2.77. The molecule has 3 rings (SSSR count). The Morgan fingerprint density at radius 3 is 2.68 bits per heavy atom. The van der Waals surface area contributed by atoms with Gasteiger partial charge in [0.15, 0.2) is 5.76 Å². The van der Waals surface area contributed by atoms with Gasteiger partial charge in [-0.1, -0.05) is 29.8 Å². The molecular formula is C18H13ClO2S. The highest BCUT2D eigenvalue weighted by atomic mass is 35.5. The number of ketones is 1. The second-order valence-corrected chi connectivity index (χ2v) is 6.08. The van der Waals surface area contributed by atoms with Crippen molar-refractivity contribution >= 4 is 46.0 Å².